The monoisotopic (exact) mass is 350 g/mol. The fourth-order valence-electron chi connectivity index (χ4n) is 2.37. The summed E-state index contributed by atoms with van der Waals surface area (Å²) in [7, 11) is 0. The molecule has 3 nitrogen and oxygen atoms in total. The van der Waals surface area contributed by atoms with E-state index in [1.807, 2.05) is 0 Å². The summed E-state index contributed by atoms with van der Waals surface area (Å²) >= 11 is 0. The van der Waals surface area contributed by atoms with Gasteiger partial charge in [-0.1, -0.05) is 0 Å². The van der Waals surface area contributed by atoms with E-state index in [-0.39, 0.29) is 0 Å². The van der Waals surface area contributed by atoms with E-state index in [0.29, 0.717) is 4.68 Å². The normalized spacial score (nSPS) is 18.2. The second-order valence-corrected chi connectivity index (χ2v) is 5.14. The van der Waals surface area contributed by atoms with Crippen LogP contribution >= 0.6 is 0 Å². The average Bonchev–Trinajstić information content (AvgIpc) is 2.72. The minimum Gasteiger partial charge on any atom is -0.287 e. The average molecular weight is 350 g/mol. The number of carbonyl (C=O) groups is 1. The van der Waals surface area contributed by atoms with E-state index >= 15 is 0 Å². The molecule has 1 aliphatic carbocycles. The second kappa shape index (κ2) is 5.45. The van der Waals surface area contributed by atoms with Gasteiger partial charge in [0, 0.05) is 19.4 Å². The van der Waals surface area contributed by atoms with Gasteiger partial charge in [-0.25, -0.2) is 0 Å². The van der Waals surface area contributed by atoms with Gasteiger partial charge in [0.25, 0.3) is 0 Å². The Balaban J connectivity index is 2.38. The van der Waals surface area contributed by atoms with E-state index < -0.39 is 73.2 Å². The number of halogens is 8. The van der Waals surface area contributed by atoms with Crippen molar-refractivity contribution < 1.29 is 39.9 Å². The highest BCUT2D eigenvalue weighted by molar-refractivity contribution is 6.04. The molecule has 0 atom stereocenters. The molecule has 0 saturated heterocycles. The number of aryl methyl sites for hydroxylation is 1. The minimum absolute atomic E-state index is 0.393. The lowest BCUT2D eigenvalue weighted by Gasteiger charge is -2.21. The van der Waals surface area contributed by atoms with Crippen molar-refractivity contribution in [2.75, 3.05) is 0 Å². The first-order valence-electron chi connectivity index (χ1n) is 6.49. The molecule has 0 amide bonds. The molecular weight excluding hydrogens is 340 g/mol. The number of aromatic nitrogens is 2. The van der Waals surface area contributed by atoms with Gasteiger partial charge in [0.15, 0.2) is 5.69 Å². The molecule has 11 heteroatoms. The Kier molecular flexibility index (Phi) is 4.18. The fraction of sp³-hybridized carbons (Fsp3) is 0.667. The molecule has 0 fully saturated rings. The molecule has 130 valence electrons. The van der Waals surface area contributed by atoms with Crippen LogP contribution in [0.15, 0.2) is 0 Å². The lowest BCUT2D eigenvalue weighted by Crippen LogP contribution is -2.35. The molecule has 0 unspecified atom stereocenters. The summed E-state index contributed by atoms with van der Waals surface area (Å²) in [4.78, 5) is 11.6. The molecule has 2 rings (SSSR count). The SMILES string of the molecule is O=C1c2c(C(F)(F)F)nn(CCCC(F)(F)F)c2CCC1(F)F. The topological polar surface area (TPSA) is 34.9 Å². The number of fused-ring (bicyclic) bond motifs is 1. The number of Topliss-reactive ketones (excluding diaryl/α,β-unsaturated/α-hetero) is 1. The third kappa shape index (κ3) is 3.63. The Morgan fingerprint density at radius 3 is 2.26 bits per heavy atom. The quantitative estimate of drug-likeness (QED) is 0.772. The van der Waals surface area contributed by atoms with Gasteiger partial charge in [0.1, 0.15) is 0 Å². The Labute approximate surface area is 124 Å². The number of hydrogen-bond acceptors (Lipinski definition) is 2. The summed E-state index contributed by atoms with van der Waals surface area (Å²) in [5.41, 5.74) is -3.40. The van der Waals surface area contributed by atoms with Gasteiger partial charge >= 0.3 is 18.3 Å². The van der Waals surface area contributed by atoms with Crippen LogP contribution in [0.5, 0.6) is 0 Å². The number of hydrogen-bond donors (Lipinski definition) is 0. The number of ketones is 1. The molecule has 23 heavy (non-hydrogen) atoms. The van der Waals surface area contributed by atoms with Crippen LogP contribution in [-0.2, 0) is 19.1 Å². The summed E-state index contributed by atoms with van der Waals surface area (Å²) in [6.45, 7) is -0.545. The molecule has 0 bridgehead atoms. The molecule has 0 spiro atoms. The van der Waals surface area contributed by atoms with Crippen LogP contribution in [0, 0.1) is 0 Å². The smallest absolute Gasteiger partial charge is 0.287 e. The highest BCUT2D eigenvalue weighted by Crippen LogP contribution is 2.40. The minimum atomic E-state index is -5.15. The van der Waals surface area contributed by atoms with Gasteiger partial charge in [-0.3, -0.25) is 9.48 Å². The van der Waals surface area contributed by atoms with Gasteiger partial charge in [-0.2, -0.15) is 40.2 Å². The summed E-state index contributed by atoms with van der Waals surface area (Å²) in [5, 5.41) is 3.07. The van der Waals surface area contributed by atoms with Gasteiger partial charge in [-0.05, 0) is 12.8 Å². The zero-order chi connectivity index (χ0) is 17.6. The van der Waals surface area contributed by atoms with Crippen LogP contribution < -0.4 is 0 Å². The molecule has 1 heterocycles. The summed E-state index contributed by atoms with van der Waals surface area (Å²) < 4.78 is 102. The zero-order valence-corrected chi connectivity index (χ0v) is 11.4. The van der Waals surface area contributed by atoms with E-state index in [9.17, 15) is 39.9 Å². The van der Waals surface area contributed by atoms with E-state index in [1.165, 1.54) is 0 Å². The summed E-state index contributed by atoms with van der Waals surface area (Å²) in [5.74, 6) is -5.93. The first-order chi connectivity index (χ1) is 10.3. The Hall–Kier alpha value is -1.68. The van der Waals surface area contributed by atoms with Gasteiger partial charge in [-0.15, -0.1) is 0 Å². The van der Waals surface area contributed by atoms with Crippen molar-refractivity contribution in [1.29, 1.82) is 0 Å². The number of rotatable bonds is 3. The first kappa shape index (κ1) is 17.7. The Morgan fingerprint density at radius 1 is 1.13 bits per heavy atom. The Morgan fingerprint density at radius 2 is 1.74 bits per heavy atom. The van der Waals surface area contributed by atoms with E-state index in [4.69, 9.17) is 0 Å². The molecule has 0 saturated carbocycles. The molecule has 1 aliphatic rings. The number of nitrogens with zero attached hydrogens (tertiary/aromatic N) is 2. The van der Waals surface area contributed by atoms with Crippen LogP contribution in [0.3, 0.4) is 0 Å². The van der Waals surface area contributed by atoms with Crippen LogP contribution in [-0.4, -0.2) is 27.7 Å². The van der Waals surface area contributed by atoms with Crippen molar-refractivity contribution in [3.8, 4) is 0 Å². The lowest BCUT2D eigenvalue weighted by atomic mass is 9.91. The van der Waals surface area contributed by atoms with Crippen LogP contribution in [0.25, 0.3) is 0 Å². The molecular formula is C12H10F8N2O. The van der Waals surface area contributed by atoms with E-state index in [1.54, 1.807) is 0 Å². The van der Waals surface area contributed by atoms with Gasteiger partial charge in [0.2, 0.25) is 5.78 Å². The van der Waals surface area contributed by atoms with Crippen molar-refractivity contribution in [3.63, 3.8) is 0 Å². The van der Waals surface area contributed by atoms with Crippen molar-refractivity contribution in [3.05, 3.63) is 17.0 Å². The fourth-order valence-corrected chi connectivity index (χ4v) is 2.37. The van der Waals surface area contributed by atoms with Crippen molar-refractivity contribution in [2.24, 2.45) is 0 Å². The molecule has 0 aliphatic heterocycles. The van der Waals surface area contributed by atoms with Gasteiger partial charge in [0.05, 0.1) is 11.3 Å². The molecule has 1 aromatic heterocycles. The molecule has 0 radical (unpaired) electrons. The second-order valence-electron chi connectivity index (χ2n) is 5.14. The van der Waals surface area contributed by atoms with Crippen molar-refractivity contribution in [2.45, 2.75) is 50.5 Å². The zero-order valence-electron chi connectivity index (χ0n) is 11.4. The molecule has 1 aromatic rings. The molecule has 0 N–H and O–H groups in total. The lowest BCUT2D eigenvalue weighted by molar-refractivity contribution is -0.142. The predicted octanol–water partition coefficient (Wildman–Crippen LogP) is 4.01. The summed E-state index contributed by atoms with van der Waals surface area (Å²) in [6.07, 6.45) is -13.0. The van der Waals surface area contributed by atoms with Crippen LogP contribution in [0.2, 0.25) is 0 Å². The van der Waals surface area contributed by atoms with Crippen LogP contribution in [0.1, 0.15) is 41.0 Å². The molecule has 0 aromatic carbocycles. The highest BCUT2D eigenvalue weighted by Gasteiger charge is 2.51. The van der Waals surface area contributed by atoms with E-state index in [2.05, 4.69) is 5.10 Å². The summed E-state index contributed by atoms with van der Waals surface area (Å²) in [6, 6.07) is 0. The largest absolute Gasteiger partial charge is 0.435 e. The third-order valence-corrected chi connectivity index (χ3v) is 3.39. The number of alkyl halides is 8. The van der Waals surface area contributed by atoms with Crippen molar-refractivity contribution >= 4 is 5.78 Å². The van der Waals surface area contributed by atoms with E-state index in [0.717, 1.165) is 0 Å². The standard InChI is InChI=1S/C12H10F8N2O/c13-10(14)4-2-6-7(9(10)23)8(12(18,19)20)21-22(6)5-1-3-11(15,16)17/h1-5H2. The maximum Gasteiger partial charge on any atom is 0.435 e. The maximum atomic E-state index is 13.4. The number of carbonyl (C=O) groups excluding carboxylic acids is 1. The van der Waals surface area contributed by atoms with Gasteiger partial charge < -0.3 is 0 Å². The highest BCUT2D eigenvalue weighted by atomic mass is 19.4. The predicted molar refractivity (Wildman–Crippen MR) is 60.1 cm³/mol. The third-order valence-electron chi connectivity index (χ3n) is 3.39. The van der Waals surface area contributed by atoms with Crippen LogP contribution in [0.4, 0.5) is 35.1 Å². The first-order valence-corrected chi connectivity index (χ1v) is 6.49. The van der Waals surface area contributed by atoms with Crippen molar-refractivity contribution in [1.82, 2.24) is 9.78 Å². The Bertz CT molecular complexity index is 614. The maximum absolute atomic E-state index is 13.4.